The van der Waals surface area contributed by atoms with E-state index in [1.54, 1.807) is 30.1 Å². The summed E-state index contributed by atoms with van der Waals surface area (Å²) in [6, 6.07) is 5.13. The van der Waals surface area contributed by atoms with Crippen LogP contribution in [0, 0.1) is 0 Å². The first-order valence-corrected chi connectivity index (χ1v) is 6.42. The zero-order chi connectivity index (χ0) is 13.7. The summed E-state index contributed by atoms with van der Waals surface area (Å²) >= 11 is 3.31. The van der Waals surface area contributed by atoms with E-state index in [0.717, 1.165) is 4.47 Å². The Morgan fingerprint density at radius 2 is 2.06 bits per heavy atom. The molecule has 0 heterocycles. The second-order valence-corrected chi connectivity index (χ2v) is 4.81. The summed E-state index contributed by atoms with van der Waals surface area (Å²) in [5, 5.41) is 0. The van der Waals surface area contributed by atoms with Gasteiger partial charge in [0.25, 0.3) is 5.91 Å². The number of halogens is 1. The van der Waals surface area contributed by atoms with Gasteiger partial charge in [-0.3, -0.25) is 9.59 Å². The van der Waals surface area contributed by atoms with E-state index < -0.39 is 0 Å². The largest absolute Gasteiger partial charge is 0.483 e. The van der Waals surface area contributed by atoms with E-state index >= 15 is 0 Å². The van der Waals surface area contributed by atoms with Crippen LogP contribution in [0.4, 0.5) is 0 Å². The molecule has 98 valence electrons. The smallest absolute Gasteiger partial charge is 0.260 e. The number of carbonyl (C=O) groups excluding carboxylic acids is 2. The molecule has 0 fully saturated rings. The van der Waals surface area contributed by atoms with Crippen LogP contribution < -0.4 is 4.74 Å². The lowest BCUT2D eigenvalue weighted by Gasteiger charge is -2.16. The molecule has 0 aliphatic heterocycles. The molecule has 0 unspecified atom stereocenters. The van der Waals surface area contributed by atoms with Crippen molar-refractivity contribution in [3.8, 4) is 5.75 Å². The summed E-state index contributed by atoms with van der Waals surface area (Å²) in [4.78, 5) is 24.6. The average molecular weight is 314 g/mol. The minimum absolute atomic E-state index is 0.0684. The zero-order valence-electron chi connectivity index (χ0n) is 10.7. The highest BCUT2D eigenvalue weighted by molar-refractivity contribution is 9.10. The van der Waals surface area contributed by atoms with Crippen LogP contribution in [-0.2, 0) is 4.79 Å². The maximum Gasteiger partial charge on any atom is 0.260 e. The van der Waals surface area contributed by atoms with Gasteiger partial charge in [0.1, 0.15) is 5.75 Å². The van der Waals surface area contributed by atoms with Gasteiger partial charge >= 0.3 is 0 Å². The van der Waals surface area contributed by atoms with E-state index in [0.29, 0.717) is 17.9 Å². The molecule has 1 aromatic carbocycles. The van der Waals surface area contributed by atoms with Crippen molar-refractivity contribution in [1.82, 2.24) is 4.90 Å². The Balaban J connectivity index is 2.81. The fourth-order valence-corrected chi connectivity index (χ4v) is 1.67. The van der Waals surface area contributed by atoms with Crippen molar-refractivity contribution in [2.45, 2.75) is 13.8 Å². The van der Waals surface area contributed by atoms with Gasteiger partial charge in [0.05, 0.1) is 5.56 Å². The molecule has 1 amide bonds. The molecular weight excluding hydrogens is 298 g/mol. The lowest BCUT2D eigenvalue weighted by atomic mass is 10.1. The van der Waals surface area contributed by atoms with Crippen molar-refractivity contribution in [3.05, 3.63) is 28.2 Å². The van der Waals surface area contributed by atoms with Crippen molar-refractivity contribution in [2.24, 2.45) is 0 Å². The first-order valence-electron chi connectivity index (χ1n) is 5.63. The van der Waals surface area contributed by atoms with Crippen LogP contribution in [0.5, 0.6) is 5.75 Å². The number of hydrogen-bond acceptors (Lipinski definition) is 3. The Hall–Kier alpha value is -1.36. The van der Waals surface area contributed by atoms with E-state index in [-0.39, 0.29) is 18.3 Å². The van der Waals surface area contributed by atoms with Gasteiger partial charge in [-0.05, 0) is 32.0 Å². The van der Waals surface area contributed by atoms with Gasteiger partial charge in [-0.15, -0.1) is 0 Å². The van der Waals surface area contributed by atoms with Gasteiger partial charge in [-0.2, -0.15) is 0 Å². The minimum Gasteiger partial charge on any atom is -0.483 e. The molecule has 5 heteroatoms. The Kier molecular flexibility index (Phi) is 5.34. The van der Waals surface area contributed by atoms with Gasteiger partial charge in [0, 0.05) is 18.1 Å². The quantitative estimate of drug-likeness (QED) is 0.785. The third-order valence-electron chi connectivity index (χ3n) is 2.57. The van der Waals surface area contributed by atoms with Gasteiger partial charge in [0.2, 0.25) is 0 Å². The van der Waals surface area contributed by atoms with Crippen LogP contribution in [-0.4, -0.2) is 36.8 Å². The monoisotopic (exact) mass is 313 g/mol. The molecule has 1 aromatic rings. The van der Waals surface area contributed by atoms with Crippen molar-refractivity contribution >= 4 is 27.6 Å². The zero-order valence-corrected chi connectivity index (χ0v) is 12.3. The number of amides is 1. The molecule has 0 bridgehead atoms. The Morgan fingerprint density at radius 1 is 1.39 bits per heavy atom. The highest BCUT2D eigenvalue weighted by Crippen LogP contribution is 2.24. The summed E-state index contributed by atoms with van der Waals surface area (Å²) in [5.74, 6) is 0.218. The number of ketones is 1. The average Bonchev–Trinajstić information content (AvgIpc) is 2.34. The minimum atomic E-state index is -0.119. The van der Waals surface area contributed by atoms with Gasteiger partial charge in [0.15, 0.2) is 12.4 Å². The molecule has 0 atom stereocenters. The Labute approximate surface area is 115 Å². The number of nitrogens with zero attached hydrogens (tertiary/aromatic N) is 1. The third-order valence-corrected chi connectivity index (χ3v) is 3.07. The molecule has 0 saturated heterocycles. The molecule has 1 rings (SSSR count). The van der Waals surface area contributed by atoms with Crippen LogP contribution in [0.15, 0.2) is 22.7 Å². The number of likely N-dealkylation sites (N-methyl/N-ethyl adjacent to an activating group) is 1. The standard InChI is InChI=1S/C13H16BrNO3/c1-4-15(3)13(17)8-18-12-7-10(14)5-6-11(12)9(2)16/h5-7H,4,8H2,1-3H3. The fraction of sp³-hybridized carbons (Fsp3) is 0.385. The van der Waals surface area contributed by atoms with E-state index in [1.807, 2.05) is 6.92 Å². The third kappa shape index (κ3) is 3.84. The summed E-state index contributed by atoms with van der Waals surface area (Å²) in [6.07, 6.45) is 0. The maximum atomic E-state index is 11.6. The number of rotatable bonds is 5. The summed E-state index contributed by atoms with van der Waals surface area (Å²) in [7, 11) is 1.71. The molecule has 0 N–H and O–H groups in total. The van der Waals surface area contributed by atoms with Gasteiger partial charge in [-0.25, -0.2) is 0 Å². The number of ether oxygens (including phenoxy) is 1. The number of carbonyl (C=O) groups is 2. The highest BCUT2D eigenvalue weighted by atomic mass is 79.9. The summed E-state index contributed by atoms with van der Waals surface area (Å²) < 4.78 is 6.23. The summed E-state index contributed by atoms with van der Waals surface area (Å²) in [6.45, 7) is 3.91. The van der Waals surface area contributed by atoms with Crippen LogP contribution in [0.25, 0.3) is 0 Å². The molecular formula is C13H16BrNO3. The molecule has 18 heavy (non-hydrogen) atoms. The fourth-order valence-electron chi connectivity index (χ4n) is 1.33. The Morgan fingerprint density at radius 3 is 2.61 bits per heavy atom. The van der Waals surface area contributed by atoms with E-state index in [1.165, 1.54) is 6.92 Å². The molecule has 0 radical (unpaired) electrons. The molecule has 0 spiro atoms. The van der Waals surface area contributed by atoms with E-state index in [9.17, 15) is 9.59 Å². The lowest BCUT2D eigenvalue weighted by Crippen LogP contribution is -2.31. The molecule has 0 aliphatic rings. The van der Waals surface area contributed by atoms with Crippen LogP contribution in [0.1, 0.15) is 24.2 Å². The maximum absolute atomic E-state index is 11.6. The van der Waals surface area contributed by atoms with Gasteiger partial charge < -0.3 is 9.64 Å². The van der Waals surface area contributed by atoms with Crippen LogP contribution in [0.2, 0.25) is 0 Å². The number of hydrogen-bond donors (Lipinski definition) is 0. The van der Waals surface area contributed by atoms with Crippen molar-refractivity contribution in [1.29, 1.82) is 0 Å². The molecule has 0 aliphatic carbocycles. The van der Waals surface area contributed by atoms with Crippen molar-refractivity contribution in [2.75, 3.05) is 20.2 Å². The normalized spacial score (nSPS) is 10.0. The van der Waals surface area contributed by atoms with Gasteiger partial charge in [-0.1, -0.05) is 15.9 Å². The Bertz CT molecular complexity index is 460. The molecule has 0 aromatic heterocycles. The van der Waals surface area contributed by atoms with Crippen LogP contribution >= 0.6 is 15.9 Å². The summed E-state index contributed by atoms with van der Waals surface area (Å²) in [5.41, 5.74) is 0.477. The molecule has 0 saturated carbocycles. The van der Waals surface area contributed by atoms with Crippen molar-refractivity contribution < 1.29 is 14.3 Å². The predicted octanol–water partition coefficient (Wildman–Crippen LogP) is 2.51. The second-order valence-electron chi connectivity index (χ2n) is 3.89. The van der Waals surface area contributed by atoms with E-state index in [2.05, 4.69) is 15.9 Å². The second kappa shape index (κ2) is 6.54. The SMILES string of the molecule is CCN(C)C(=O)COc1cc(Br)ccc1C(C)=O. The molecule has 4 nitrogen and oxygen atoms in total. The van der Waals surface area contributed by atoms with Crippen molar-refractivity contribution in [3.63, 3.8) is 0 Å². The van der Waals surface area contributed by atoms with E-state index in [4.69, 9.17) is 4.74 Å². The lowest BCUT2D eigenvalue weighted by molar-refractivity contribution is -0.131. The first kappa shape index (κ1) is 14.7. The number of Topliss-reactive ketones (excluding diaryl/α,β-unsaturated/α-hetero) is 1. The topological polar surface area (TPSA) is 46.6 Å². The number of benzene rings is 1. The van der Waals surface area contributed by atoms with Crippen LogP contribution in [0.3, 0.4) is 0 Å². The first-order chi connectivity index (χ1) is 8.45. The predicted molar refractivity (Wildman–Crippen MR) is 73.0 cm³/mol. The highest BCUT2D eigenvalue weighted by Gasteiger charge is 2.12.